The molecule has 1 aliphatic carbocycles. The van der Waals surface area contributed by atoms with Gasteiger partial charge in [-0.15, -0.1) is 0 Å². The average Bonchev–Trinajstić information content (AvgIpc) is 3.04. The zero-order valence-corrected chi connectivity index (χ0v) is 13.5. The lowest BCUT2D eigenvalue weighted by Gasteiger charge is -2.10. The molecule has 0 radical (unpaired) electrons. The monoisotopic (exact) mass is 346 g/mol. The number of carbonyl (C=O) groups excluding carboxylic acids is 3. The standard InChI is InChI=1S/C17H11ClO6/c1-22-12-4-3-8(5-13(12)23-2)15(20)9-7-24-17-10(18)6-11(19)16(21)14(9)17/h3-7H,1-2H3. The number of allylic oxidation sites excluding steroid dienone is 1. The first kappa shape index (κ1) is 16.0. The minimum absolute atomic E-state index is 0.0130. The van der Waals surface area contributed by atoms with Gasteiger partial charge in [0.2, 0.25) is 11.6 Å². The van der Waals surface area contributed by atoms with Crippen LogP contribution in [0.15, 0.2) is 35.0 Å². The van der Waals surface area contributed by atoms with Crippen LogP contribution in [-0.4, -0.2) is 31.6 Å². The number of methoxy groups -OCH3 is 2. The Morgan fingerprint density at radius 2 is 1.83 bits per heavy atom. The third kappa shape index (κ3) is 2.41. The Balaban J connectivity index is 2.09. The summed E-state index contributed by atoms with van der Waals surface area (Å²) in [5.74, 6) is -1.28. The van der Waals surface area contributed by atoms with Crippen LogP contribution in [0.4, 0.5) is 0 Å². The molecule has 1 heterocycles. The second-order valence-corrected chi connectivity index (χ2v) is 5.35. The predicted octanol–water partition coefficient (Wildman–Crippen LogP) is 2.87. The minimum atomic E-state index is -0.827. The molecule has 0 fully saturated rings. The normalized spacial score (nSPS) is 13.4. The van der Waals surface area contributed by atoms with E-state index in [9.17, 15) is 14.4 Å². The molecule has 0 aliphatic heterocycles. The zero-order chi connectivity index (χ0) is 17.4. The molecule has 0 unspecified atom stereocenters. The number of ether oxygens (including phenoxy) is 2. The van der Waals surface area contributed by atoms with Gasteiger partial charge in [0.1, 0.15) is 6.26 Å². The molecule has 0 N–H and O–H groups in total. The number of rotatable bonds is 4. The van der Waals surface area contributed by atoms with Crippen LogP contribution < -0.4 is 9.47 Å². The van der Waals surface area contributed by atoms with Gasteiger partial charge < -0.3 is 13.9 Å². The molecule has 0 saturated heterocycles. The lowest BCUT2D eigenvalue weighted by Crippen LogP contribution is -2.19. The summed E-state index contributed by atoms with van der Waals surface area (Å²) in [5.41, 5.74) is 0.108. The van der Waals surface area contributed by atoms with Crippen molar-refractivity contribution in [3.63, 3.8) is 0 Å². The quantitative estimate of drug-likeness (QED) is 0.625. The molecule has 0 spiro atoms. The third-order valence-corrected chi connectivity index (χ3v) is 3.89. The maximum Gasteiger partial charge on any atom is 0.237 e. The number of furan rings is 1. The topological polar surface area (TPSA) is 82.8 Å². The first-order valence-corrected chi connectivity index (χ1v) is 7.20. The number of benzene rings is 1. The second-order valence-electron chi connectivity index (χ2n) is 4.94. The number of ketones is 3. The fourth-order valence-corrected chi connectivity index (χ4v) is 2.67. The largest absolute Gasteiger partial charge is 0.493 e. The second kappa shape index (κ2) is 5.98. The Kier molecular flexibility index (Phi) is 3.99. The molecular formula is C17H11ClO6. The van der Waals surface area contributed by atoms with Crippen LogP contribution in [0.3, 0.4) is 0 Å². The van der Waals surface area contributed by atoms with Crippen LogP contribution in [-0.2, 0) is 4.79 Å². The van der Waals surface area contributed by atoms with Gasteiger partial charge in [0.05, 0.1) is 30.4 Å². The summed E-state index contributed by atoms with van der Waals surface area (Å²) in [6, 6.07) is 4.57. The van der Waals surface area contributed by atoms with Crippen LogP contribution >= 0.6 is 11.6 Å². The van der Waals surface area contributed by atoms with Crippen LogP contribution in [0, 0.1) is 0 Å². The van der Waals surface area contributed by atoms with Crippen molar-refractivity contribution in [1.82, 2.24) is 0 Å². The summed E-state index contributed by atoms with van der Waals surface area (Å²) < 4.78 is 15.5. The highest BCUT2D eigenvalue weighted by Crippen LogP contribution is 2.34. The van der Waals surface area contributed by atoms with E-state index in [-0.39, 0.29) is 27.5 Å². The van der Waals surface area contributed by atoms with Gasteiger partial charge in [-0.1, -0.05) is 11.6 Å². The Bertz CT molecular complexity index is 906. The van der Waals surface area contributed by atoms with Gasteiger partial charge in [0, 0.05) is 11.6 Å². The number of carbonyl (C=O) groups is 3. The third-order valence-electron chi connectivity index (χ3n) is 3.61. The fourth-order valence-electron chi connectivity index (χ4n) is 2.43. The summed E-state index contributed by atoms with van der Waals surface area (Å²) >= 11 is 5.91. The maximum absolute atomic E-state index is 12.7. The number of hydrogen-bond acceptors (Lipinski definition) is 6. The molecular weight excluding hydrogens is 336 g/mol. The molecule has 24 heavy (non-hydrogen) atoms. The van der Waals surface area contributed by atoms with Crippen molar-refractivity contribution in [2.45, 2.75) is 0 Å². The van der Waals surface area contributed by atoms with Crippen LogP contribution in [0.2, 0.25) is 0 Å². The van der Waals surface area contributed by atoms with Crippen molar-refractivity contribution in [3.05, 3.63) is 53.0 Å². The van der Waals surface area contributed by atoms with Crippen molar-refractivity contribution in [2.24, 2.45) is 0 Å². The van der Waals surface area contributed by atoms with Gasteiger partial charge in [-0.2, -0.15) is 0 Å². The number of Topliss-reactive ketones (excluding diaryl/α,β-unsaturated/α-hetero) is 1. The molecule has 0 amide bonds. The van der Waals surface area contributed by atoms with Crippen molar-refractivity contribution in [3.8, 4) is 11.5 Å². The van der Waals surface area contributed by atoms with Crippen LogP contribution in [0.1, 0.15) is 32.0 Å². The van der Waals surface area contributed by atoms with E-state index in [1.807, 2.05) is 0 Å². The fraction of sp³-hybridized carbons (Fsp3) is 0.118. The van der Waals surface area contributed by atoms with E-state index in [2.05, 4.69) is 0 Å². The van der Waals surface area contributed by atoms with Gasteiger partial charge in [0.25, 0.3) is 0 Å². The molecule has 7 heteroatoms. The van der Waals surface area contributed by atoms with E-state index < -0.39 is 17.3 Å². The van der Waals surface area contributed by atoms with Gasteiger partial charge in [0.15, 0.2) is 23.0 Å². The first-order valence-electron chi connectivity index (χ1n) is 6.82. The number of hydrogen-bond donors (Lipinski definition) is 0. The Hall–Kier alpha value is -2.86. The highest BCUT2D eigenvalue weighted by atomic mass is 35.5. The zero-order valence-electron chi connectivity index (χ0n) is 12.7. The molecule has 2 aromatic rings. The molecule has 1 aromatic carbocycles. The minimum Gasteiger partial charge on any atom is -0.493 e. The van der Waals surface area contributed by atoms with E-state index in [0.29, 0.717) is 11.5 Å². The summed E-state index contributed by atoms with van der Waals surface area (Å²) in [6.45, 7) is 0. The highest BCUT2D eigenvalue weighted by Gasteiger charge is 2.34. The average molecular weight is 347 g/mol. The summed E-state index contributed by atoms with van der Waals surface area (Å²) in [7, 11) is 2.92. The molecule has 1 aliphatic rings. The van der Waals surface area contributed by atoms with Gasteiger partial charge in [-0.25, -0.2) is 0 Å². The molecule has 0 atom stereocenters. The molecule has 3 rings (SSSR count). The van der Waals surface area contributed by atoms with Gasteiger partial charge in [-0.3, -0.25) is 14.4 Å². The van der Waals surface area contributed by atoms with E-state index in [1.54, 1.807) is 6.07 Å². The van der Waals surface area contributed by atoms with E-state index in [0.717, 1.165) is 12.3 Å². The van der Waals surface area contributed by atoms with Crippen molar-refractivity contribution >= 4 is 34.0 Å². The first-order chi connectivity index (χ1) is 11.5. The molecule has 0 saturated carbocycles. The molecule has 1 aromatic heterocycles. The number of fused-ring (bicyclic) bond motifs is 1. The summed E-state index contributed by atoms with van der Waals surface area (Å²) in [5, 5.41) is -0.0130. The molecule has 0 bridgehead atoms. The molecule has 6 nitrogen and oxygen atoms in total. The van der Waals surface area contributed by atoms with E-state index >= 15 is 0 Å². The van der Waals surface area contributed by atoms with E-state index in [4.69, 9.17) is 25.5 Å². The molecule has 122 valence electrons. The van der Waals surface area contributed by atoms with Gasteiger partial charge in [-0.05, 0) is 18.2 Å². The van der Waals surface area contributed by atoms with Crippen molar-refractivity contribution in [2.75, 3.05) is 14.2 Å². The summed E-state index contributed by atoms with van der Waals surface area (Å²) in [4.78, 5) is 36.5. The Morgan fingerprint density at radius 1 is 1.12 bits per heavy atom. The van der Waals surface area contributed by atoms with Crippen LogP contribution in [0.25, 0.3) is 5.03 Å². The van der Waals surface area contributed by atoms with Crippen LogP contribution in [0.5, 0.6) is 11.5 Å². The Labute approximate surface area is 141 Å². The highest BCUT2D eigenvalue weighted by molar-refractivity contribution is 6.60. The lowest BCUT2D eigenvalue weighted by atomic mass is 9.93. The summed E-state index contributed by atoms with van der Waals surface area (Å²) in [6.07, 6.45) is 2.09. The smallest absolute Gasteiger partial charge is 0.237 e. The van der Waals surface area contributed by atoms with Crippen molar-refractivity contribution < 1.29 is 28.3 Å². The Morgan fingerprint density at radius 3 is 2.50 bits per heavy atom. The van der Waals surface area contributed by atoms with E-state index in [1.165, 1.54) is 26.4 Å². The predicted molar refractivity (Wildman–Crippen MR) is 84.9 cm³/mol. The SMILES string of the molecule is COc1ccc(C(=O)c2coc3c2C(=O)C(=O)C=C3Cl)cc1OC. The van der Waals surface area contributed by atoms with Gasteiger partial charge >= 0.3 is 0 Å². The van der Waals surface area contributed by atoms with Crippen molar-refractivity contribution in [1.29, 1.82) is 0 Å². The number of halogens is 1. The maximum atomic E-state index is 12.7. The lowest BCUT2D eigenvalue weighted by molar-refractivity contribution is -0.111.